The van der Waals surface area contributed by atoms with Crippen molar-refractivity contribution in [2.45, 2.75) is 44.2 Å². The standard InChI is InChI=1S/C12H22N4O3/c17-11(18)8-10-7-9(16-19-10)3-1-4-13-12-14-5-2-6-15-12/h9-10,16H,1-8H2,(H,17,18)(H2,13,14,15)/t9-,10+/m0/s1. The Bertz CT molecular complexity index is 335. The van der Waals surface area contributed by atoms with Crippen molar-refractivity contribution < 1.29 is 14.7 Å². The molecule has 7 heteroatoms. The summed E-state index contributed by atoms with van der Waals surface area (Å²) in [5.74, 6) is 0.0844. The Balaban J connectivity index is 1.54. The number of carboxylic acids is 1. The van der Waals surface area contributed by atoms with E-state index in [0.29, 0.717) is 0 Å². The lowest BCUT2D eigenvalue weighted by Gasteiger charge is -2.16. The maximum absolute atomic E-state index is 10.6. The summed E-state index contributed by atoms with van der Waals surface area (Å²) in [6.07, 6.45) is 3.71. The van der Waals surface area contributed by atoms with E-state index in [1.54, 1.807) is 0 Å². The monoisotopic (exact) mass is 270 g/mol. The Kier molecular flexibility index (Phi) is 5.41. The number of rotatable bonds is 6. The summed E-state index contributed by atoms with van der Waals surface area (Å²) in [7, 11) is 0. The fourth-order valence-corrected chi connectivity index (χ4v) is 2.31. The van der Waals surface area contributed by atoms with Crippen molar-refractivity contribution in [3.8, 4) is 0 Å². The van der Waals surface area contributed by atoms with Crippen molar-refractivity contribution in [3.05, 3.63) is 0 Å². The van der Waals surface area contributed by atoms with Gasteiger partial charge in [0.15, 0.2) is 5.96 Å². The molecule has 1 saturated heterocycles. The van der Waals surface area contributed by atoms with Crippen molar-refractivity contribution in [1.82, 2.24) is 16.1 Å². The summed E-state index contributed by atoms with van der Waals surface area (Å²) in [4.78, 5) is 20.1. The van der Waals surface area contributed by atoms with Crippen LogP contribution in [0.1, 0.15) is 32.1 Å². The van der Waals surface area contributed by atoms with Crippen molar-refractivity contribution >= 4 is 11.9 Å². The third kappa shape index (κ3) is 5.04. The van der Waals surface area contributed by atoms with Gasteiger partial charge in [-0.1, -0.05) is 0 Å². The Morgan fingerprint density at radius 1 is 1.58 bits per heavy atom. The Hall–Kier alpha value is -1.34. The van der Waals surface area contributed by atoms with Gasteiger partial charge in [0, 0.05) is 25.7 Å². The number of carboxylic acid groups (broad SMARTS) is 1. The quantitative estimate of drug-likeness (QED) is 0.501. The Morgan fingerprint density at radius 2 is 2.47 bits per heavy atom. The highest BCUT2D eigenvalue weighted by molar-refractivity contribution is 5.80. The zero-order chi connectivity index (χ0) is 13.5. The van der Waals surface area contributed by atoms with Gasteiger partial charge in [0.25, 0.3) is 0 Å². The maximum atomic E-state index is 10.6. The summed E-state index contributed by atoms with van der Waals surface area (Å²) < 4.78 is 0. The normalized spacial score (nSPS) is 26.6. The molecule has 19 heavy (non-hydrogen) atoms. The van der Waals surface area contributed by atoms with Gasteiger partial charge in [0.2, 0.25) is 0 Å². The number of hydrogen-bond donors (Lipinski definition) is 4. The molecule has 0 aliphatic carbocycles. The van der Waals surface area contributed by atoms with Gasteiger partial charge in [0.1, 0.15) is 0 Å². The van der Waals surface area contributed by atoms with Crippen LogP contribution in [-0.4, -0.2) is 48.8 Å². The lowest BCUT2D eigenvalue weighted by atomic mass is 10.0. The molecule has 1 fully saturated rings. The van der Waals surface area contributed by atoms with Crippen molar-refractivity contribution in [2.24, 2.45) is 4.99 Å². The minimum Gasteiger partial charge on any atom is -0.481 e. The summed E-state index contributed by atoms with van der Waals surface area (Å²) in [5.41, 5.74) is 2.91. The van der Waals surface area contributed by atoms with E-state index in [4.69, 9.17) is 9.94 Å². The molecule has 2 aliphatic rings. The van der Waals surface area contributed by atoms with Crippen LogP contribution in [0, 0.1) is 0 Å². The minimum atomic E-state index is -0.810. The van der Waals surface area contributed by atoms with Gasteiger partial charge >= 0.3 is 5.97 Å². The summed E-state index contributed by atoms with van der Waals surface area (Å²) in [6, 6.07) is 0.257. The highest BCUT2D eigenvalue weighted by atomic mass is 16.7. The third-order valence-electron chi connectivity index (χ3n) is 3.27. The second-order valence-corrected chi connectivity index (χ2v) is 4.97. The van der Waals surface area contributed by atoms with Crippen molar-refractivity contribution in [3.63, 3.8) is 0 Å². The predicted molar refractivity (Wildman–Crippen MR) is 70.8 cm³/mol. The van der Waals surface area contributed by atoms with Gasteiger partial charge in [-0.25, -0.2) is 0 Å². The molecule has 0 aromatic rings. The maximum Gasteiger partial charge on any atom is 0.306 e. The molecular formula is C12H22N4O3. The Labute approximate surface area is 112 Å². The van der Waals surface area contributed by atoms with E-state index < -0.39 is 5.97 Å². The van der Waals surface area contributed by atoms with E-state index in [2.05, 4.69) is 21.1 Å². The van der Waals surface area contributed by atoms with E-state index in [1.807, 2.05) is 0 Å². The second-order valence-electron chi connectivity index (χ2n) is 4.97. The first-order valence-electron chi connectivity index (χ1n) is 6.89. The van der Waals surface area contributed by atoms with Gasteiger partial charge in [-0.3, -0.25) is 14.6 Å². The molecule has 0 spiro atoms. The number of nitrogens with one attached hydrogen (secondary N) is 3. The summed E-state index contributed by atoms with van der Waals surface area (Å²) in [6.45, 7) is 2.75. The zero-order valence-corrected chi connectivity index (χ0v) is 11.0. The summed E-state index contributed by atoms with van der Waals surface area (Å²) in [5, 5.41) is 15.2. The predicted octanol–water partition coefficient (Wildman–Crippen LogP) is -0.158. The van der Waals surface area contributed by atoms with Gasteiger partial charge in [-0.15, -0.1) is 0 Å². The Morgan fingerprint density at radius 3 is 3.21 bits per heavy atom. The smallest absolute Gasteiger partial charge is 0.306 e. The molecule has 2 rings (SSSR count). The van der Waals surface area contributed by atoms with Gasteiger partial charge in [0.05, 0.1) is 12.5 Å². The van der Waals surface area contributed by atoms with Crippen LogP contribution < -0.4 is 16.1 Å². The molecule has 0 radical (unpaired) electrons. The number of carbonyl (C=O) groups is 1. The second kappa shape index (κ2) is 7.30. The van der Waals surface area contributed by atoms with Crippen molar-refractivity contribution in [1.29, 1.82) is 0 Å². The molecule has 2 atom stereocenters. The number of aliphatic carboxylic acids is 1. The number of hydrogen-bond acceptors (Lipinski definition) is 6. The average Bonchev–Trinajstić information content (AvgIpc) is 2.83. The molecule has 0 unspecified atom stereocenters. The van der Waals surface area contributed by atoms with Crippen molar-refractivity contribution in [2.75, 3.05) is 19.6 Å². The van der Waals surface area contributed by atoms with Crippen LogP contribution in [0.25, 0.3) is 0 Å². The largest absolute Gasteiger partial charge is 0.481 e. The van der Waals surface area contributed by atoms with Crippen LogP contribution in [0.5, 0.6) is 0 Å². The fourth-order valence-electron chi connectivity index (χ4n) is 2.31. The van der Waals surface area contributed by atoms with Crippen LogP contribution in [0.15, 0.2) is 4.99 Å². The van der Waals surface area contributed by atoms with E-state index in [9.17, 15) is 4.79 Å². The first-order chi connectivity index (χ1) is 9.24. The van der Waals surface area contributed by atoms with Crippen LogP contribution in [0.2, 0.25) is 0 Å². The van der Waals surface area contributed by atoms with E-state index in [1.165, 1.54) is 0 Å². The fraction of sp³-hybridized carbons (Fsp3) is 0.833. The number of nitrogens with zero attached hydrogens (tertiary/aromatic N) is 1. The van der Waals surface area contributed by atoms with Gasteiger partial charge in [-0.05, 0) is 25.7 Å². The minimum absolute atomic E-state index is 0.0719. The molecule has 0 amide bonds. The zero-order valence-electron chi connectivity index (χ0n) is 11.0. The summed E-state index contributed by atoms with van der Waals surface area (Å²) >= 11 is 0. The van der Waals surface area contributed by atoms with Gasteiger partial charge < -0.3 is 15.7 Å². The SMILES string of the molecule is O=C(O)C[C@H]1C[C@H](CCCNC2=NCCCN2)NO1. The average molecular weight is 270 g/mol. The van der Waals surface area contributed by atoms with E-state index in [0.717, 1.165) is 51.3 Å². The molecular weight excluding hydrogens is 248 g/mol. The third-order valence-corrected chi connectivity index (χ3v) is 3.27. The van der Waals surface area contributed by atoms with Crippen LogP contribution in [0.3, 0.4) is 0 Å². The number of aliphatic imine (C=N–C) groups is 1. The molecule has 2 aliphatic heterocycles. The first kappa shape index (κ1) is 14.1. The lowest BCUT2D eigenvalue weighted by molar-refractivity contribution is -0.140. The first-order valence-corrected chi connectivity index (χ1v) is 6.89. The molecule has 0 aromatic carbocycles. The highest BCUT2D eigenvalue weighted by Crippen LogP contribution is 2.17. The molecule has 2 heterocycles. The van der Waals surface area contributed by atoms with E-state index in [-0.39, 0.29) is 18.6 Å². The van der Waals surface area contributed by atoms with Crippen LogP contribution >= 0.6 is 0 Å². The molecule has 4 N–H and O–H groups in total. The van der Waals surface area contributed by atoms with Crippen LogP contribution in [-0.2, 0) is 9.63 Å². The van der Waals surface area contributed by atoms with E-state index >= 15 is 0 Å². The molecule has 7 nitrogen and oxygen atoms in total. The van der Waals surface area contributed by atoms with Gasteiger partial charge in [-0.2, -0.15) is 5.48 Å². The molecule has 0 saturated carbocycles. The number of guanidine groups is 1. The lowest BCUT2D eigenvalue weighted by Crippen LogP contribution is -2.41. The molecule has 0 bridgehead atoms. The number of hydroxylamine groups is 1. The highest BCUT2D eigenvalue weighted by Gasteiger charge is 2.26. The van der Waals surface area contributed by atoms with Crippen LogP contribution in [0.4, 0.5) is 0 Å². The molecule has 108 valence electrons. The topological polar surface area (TPSA) is 95.0 Å². The molecule has 0 aromatic heterocycles.